The van der Waals surface area contributed by atoms with Crippen molar-refractivity contribution in [3.63, 3.8) is 0 Å². The summed E-state index contributed by atoms with van der Waals surface area (Å²) in [5, 5.41) is 1.23. The molecule has 1 heterocycles. The topological polar surface area (TPSA) is 9.23 Å². The average molecular weight is 255 g/mol. The molecule has 0 saturated carbocycles. The summed E-state index contributed by atoms with van der Waals surface area (Å²) in [6, 6.07) is 10.8. The minimum atomic E-state index is 0.523. The van der Waals surface area contributed by atoms with Crippen LogP contribution in [0.3, 0.4) is 0 Å². The van der Waals surface area contributed by atoms with Crippen molar-refractivity contribution in [1.29, 1.82) is 0 Å². The third-order valence-electron chi connectivity index (χ3n) is 2.70. The molecule has 1 aliphatic rings. The molecule has 0 aromatic heterocycles. The summed E-state index contributed by atoms with van der Waals surface area (Å²) in [6.45, 7) is 3.27. The van der Waals surface area contributed by atoms with E-state index in [4.69, 9.17) is 4.74 Å². The molecule has 0 spiro atoms. The molecule has 14 heavy (non-hydrogen) atoms. The minimum absolute atomic E-state index is 0.523. The van der Waals surface area contributed by atoms with Crippen molar-refractivity contribution < 1.29 is 4.74 Å². The third kappa shape index (κ3) is 2.60. The molecule has 0 aliphatic carbocycles. The van der Waals surface area contributed by atoms with Crippen molar-refractivity contribution >= 4 is 19.4 Å². The van der Waals surface area contributed by atoms with Gasteiger partial charge in [0.2, 0.25) is 0 Å². The first kappa shape index (κ1) is 10.2. The molecule has 2 atom stereocenters. The van der Waals surface area contributed by atoms with Crippen LogP contribution in [-0.4, -0.2) is 27.7 Å². The van der Waals surface area contributed by atoms with E-state index in [9.17, 15) is 0 Å². The fourth-order valence-electron chi connectivity index (χ4n) is 1.66. The van der Waals surface area contributed by atoms with Gasteiger partial charge in [0.1, 0.15) is 0 Å². The predicted octanol–water partition coefficient (Wildman–Crippen LogP) is 1.86. The fraction of sp³-hybridized carbons (Fsp3) is 0.500. The van der Waals surface area contributed by atoms with Gasteiger partial charge in [0.25, 0.3) is 0 Å². The molecule has 0 radical (unpaired) electrons. The van der Waals surface area contributed by atoms with Crippen LogP contribution in [0.1, 0.15) is 13.3 Å². The first-order valence-corrected chi connectivity index (χ1v) is 7.22. The number of hydrogen-bond acceptors (Lipinski definition) is 1. The second-order valence-electron chi connectivity index (χ2n) is 3.80. The molecule has 1 fully saturated rings. The molecule has 0 N–H and O–H groups in total. The van der Waals surface area contributed by atoms with Crippen LogP contribution < -0.4 is 4.46 Å². The molecule has 2 heteroatoms. The normalized spacial score (nSPS) is 26.6. The van der Waals surface area contributed by atoms with Gasteiger partial charge in [-0.25, -0.2) is 0 Å². The Morgan fingerprint density at radius 2 is 2.14 bits per heavy atom. The molecule has 0 amide bonds. The van der Waals surface area contributed by atoms with Crippen LogP contribution in [0.2, 0.25) is 5.32 Å². The molecular weight excluding hydrogens is 239 g/mol. The molecule has 1 aromatic carbocycles. The average Bonchev–Trinajstić information content (AvgIpc) is 2.63. The summed E-state index contributed by atoms with van der Waals surface area (Å²) in [5.74, 6) is 0.764. The zero-order chi connectivity index (χ0) is 9.80. The second-order valence-corrected chi connectivity index (χ2v) is 6.09. The van der Waals surface area contributed by atoms with E-state index in [1.54, 1.807) is 0 Å². The van der Waals surface area contributed by atoms with Crippen LogP contribution in [0.25, 0.3) is 0 Å². The summed E-state index contributed by atoms with van der Waals surface area (Å²) in [7, 11) is 0. The van der Waals surface area contributed by atoms with E-state index in [0.29, 0.717) is 21.1 Å². The Hall–Kier alpha value is -0.301. The van der Waals surface area contributed by atoms with Gasteiger partial charge in [-0.2, -0.15) is 0 Å². The van der Waals surface area contributed by atoms with Crippen molar-refractivity contribution in [1.82, 2.24) is 0 Å². The van der Waals surface area contributed by atoms with Crippen LogP contribution in [0, 0.1) is 5.92 Å². The van der Waals surface area contributed by atoms with E-state index >= 15 is 0 Å². The van der Waals surface area contributed by atoms with Crippen LogP contribution >= 0.6 is 0 Å². The van der Waals surface area contributed by atoms with Gasteiger partial charge in [-0.3, -0.25) is 0 Å². The first-order chi connectivity index (χ1) is 6.86. The van der Waals surface area contributed by atoms with Crippen molar-refractivity contribution in [3.8, 4) is 0 Å². The molecule has 0 bridgehead atoms. The van der Waals surface area contributed by atoms with Crippen LogP contribution in [-0.2, 0) is 4.74 Å². The molecule has 0 unspecified atom stereocenters. The van der Waals surface area contributed by atoms with Crippen LogP contribution in [0.5, 0.6) is 0 Å². The Morgan fingerprint density at radius 3 is 2.79 bits per heavy atom. The Labute approximate surface area is 92.0 Å². The van der Waals surface area contributed by atoms with Crippen LogP contribution in [0.4, 0.5) is 0 Å². The molecule has 1 aromatic rings. The number of rotatable bonds is 3. The Balaban J connectivity index is 1.82. The number of hydrogen-bond donors (Lipinski definition) is 0. The molecular formula is C12H16OSe. The maximum absolute atomic E-state index is 5.70. The molecule has 1 nitrogen and oxygen atoms in total. The zero-order valence-electron chi connectivity index (χ0n) is 8.48. The monoisotopic (exact) mass is 256 g/mol. The summed E-state index contributed by atoms with van der Waals surface area (Å²) in [4.78, 5) is 0. The molecule has 1 saturated heterocycles. The first-order valence-electron chi connectivity index (χ1n) is 5.16. The van der Waals surface area contributed by atoms with Crippen molar-refractivity contribution in [2.45, 2.75) is 24.8 Å². The van der Waals surface area contributed by atoms with E-state index in [0.717, 1.165) is 12.5 Å². The SMILES string of the molecule is C[C@H]1CCO[C@@H]1C[Se]c1ccccc1. The van der Waals surface area contributed by atoms with E-state index in [1.165, 1.54) is 16.2 Å². The summed E-state index contributed by atoms with van der Waals surface area (Å²) in [6.07, 6.45) is 1.77. The second kappa shape index (κ2) is 4.97. The quantitative estimate of drug-likeness (QED) is 0.749. The van der Waals surface area contributed by atoms with Gasteiger partial charge >= 0.3 is 91.8 Å². The van der Waals surface area contributed by atoms with Gasteiger partial charge in [0.15, 0.2) is 0 Å². The summed E-state index contributed by atoms with van der Waals surface area (Å²) in [5.41, 5.74) is 0. The standard InChI is InChI=1S/C12H16OSe/c1-10-7-8-13-12(10)9-14-11-5-3-2-4-6-11/h2-6,10,12H,7-9H2,1H3/t10-,12+/m0/s1. The van der Waals surface area contributed by atoms with E-state index in [2.05, 4.69) is 37.3 Å². The molecule has 1 aliphatic heterocycles. The number of benzene rings is 1. The van der Waals surface area contributed by atoms with Gasteiger partial charge in [0, 0.05) is 0 Å². The summed E-state index contributed by atoms with van der Waals surface area (Å²) < 4.78 is 7.19. The predicted molar refractivity (Wildman–Crippen MR) is 60.2 cm³/mol. The molecule has 2 rings (SSSR count). The van der Waals surface area contributed by atoms with Gasteiger partial charge in [-0.1, -0.05) is 0 Å². The Bertz CT molecular complexity index is 273. The third-order valence-corrected chi connectivity index (χ3v) is 5.01. The molecule has 76 valence electrons. The van der Waals surface area contributed by atoms with Gasteiger partial charge < -0.3 is 0 Å². The number of ether oxygens (including phenoxy) is 1. The van der Waals surface area contributed by atoms with Crippen LogP contribution in [0.15, 0.2) is 30.3 Å². The Kier molecular flexibility index (Phi) is 3.63. The fourth-order valence-corrected chi connectivity index (χ4v) is 4.04. The Morgan fingerprint density at radius 1 is 1.36 bits per heavy atom. The van der Waals surface area contributed by atoms with Crippen molar-refractivity contribution in [3.05, 3.63) is 30.3 Å². The zero-order valence-corrected chi connectivity index (χ0v) is 10.2. The van der Waals surface area contributed by atoms with Gasteiger partial charge in [-0.15, -0.1) is 0 Å². The van der Waals surface area contributed by atoms with Crippen molar-refractivity contribution in [2.75, 3.05) is 6.61 Å². The van der Waals surface area contributed by atoms with E-state index < -0.39 is 0 Å². The van der Waals surface area contributed by atoms with Crippen molar-refractivity contribution in [2.24, 2.45) is 5.92 Å². The summed E-state index contributed by atoms with van der Waals surface area (Å²) >= 11 is 0.588. The maximum atomic E-state index is 5.70. The van der Waals surface area contributed by atoms with E-state index in [-0.39, 0.29) is 0 Å². The van der Waals surface area contributed by atoms with Gasteiger partial charge in [0.05, 0.1) is 0 Å². The van der Waals surface area contributed by atoms with Gasteiger partial charge in [-0.05, 0) is 0 Å². The van der Waals surface area contributed by atoms with E-state index in [1.807, 2.05) is 0 Å².